The van der Waals surface area contributed by atoms with Crippen LogP contribution in [0.1, 0.15) is 19.3 Å². The van der Waals surface area contributed by atoms with Crippen LogP contribution in [0.3, 0.4) is 0 Å². The van der Waals surface area contributed by atoms with Crippen LogP contribution in [0.4, 0.5) is 0 Å². The number of hydrogen-bond donors (Lipinski definition) is 0. The van der Waals surface area contributed by atoms with Gasteiger partial charge in [0.25, 0.3) is 0 Å². The van der Waals surface area contributed by atoms with Gasteiger partial charge in [0.15, 0.2) is 0 Å². The van der Waals surface area contributed by atoms with Gasteiger partial charge in [-0.25, -0.2) is 0 Å². The van der Waals surface area contributed by atoms with Crippen LogP contribution in [0.5, 0.6) is 0 Å². The Morgan fingerprint density at radius 1 is 1.71 bits per heavy atom. The Morgan fingerprint density at radius 2 is 2.57 bits per heavy atom. The van der Waals surface area contributed by atoms with Crippen LogP contribution < -0.4 is 0 Å². The molecule has 1 nitrogen and oxygen atoms in total. The molecular formula is C10H13IOS2. The Kier molecular flexibility index (Phi) is 7.10. The minimum Gasteiger partial charge on any atom is -0.296 e. The average Bonchev–Trinajstić information content (AvgIpc) is 2.25. The summed E-state index contributed by atoms with van der Waals surface area (Å²) < 4.78 is 5.53. The summed E-state index contributed by atoms with van der Waals surface area (Å²) in [5, 5.41) is 1.72. The van der Waals surface area contributed by atoms with Gasteiger partial charge in [0.2, 0.25) is 0 Å². The van der Waals surface area contributed by atoms with Gasteiger partial charge in [-0.3, -0.25) is 4.18 Å². The van der Waals surface area contributed by atoms with Gasteiger partial charge in [0.05, 0.1) is 0 Å². The van der Waals surface area contributed by atoms with Crippen LogP contribution in [0, 0.1) is 0 Å². The minimum absolute atomic E-state index is 0.233. The molecule has 14 heavy (non-hydrogen) atoms. The zero-order valence-electron chi connectivity index (χ0n) is 7.82. The summed E-state index contributed by atoms with van der Waals surface area (Å²) in [4.78, 5) is 0. The number of allylic oxidation sites excluding steroid dienone is 3. The minimum atomic E-state index is 0.233. The molecule has 78 valence electrons. The van der Waals surface area contributed by atoms with Crippen LogP contribution in [0.2, 0.25) is 0 Å². The second kappa shape index (κ2) is 7.84. The summed E-state index contributed by atoms with van der Waals surface area (Å²) in [6.07, 6.45) is 9.89. The molecule has 1 rings (SSSR count). The summed E-state index contributed by atoms with van der Waals surface area (Å²) in [5.74, 6) is 0. The predicted octanol–water partition coefficient (Wildman–Crippen LogP) is 4.87. The lowest BCUT2D eigenvalue weighted by Crippen LogP contribution is -2.04. The Morgan fingerprint density at radius 3 is 3.14 bits per heavy atom. The molecule has 1 atom stereocenters. The standard InChI is InChI=1S/C10H13IOS2/c1-2-13-12-10(14-11)8-9-6-4-3-5-7-9/h2-4,6,10H,1,5,7-8H2. The Balaban J connectivity index is 2.34. The lowest BCUT2D eigenvalue weighted by Gasteiger charge is -2.15. The third-order valence-corrected chi connectivity index (χ3v) is 4.62. The molecule has 0 saturated carbocycles. The lowest BCUT2D eigenvalue weighted by molar-refractivity contribution is 0.343. The third kappa shape index (κ3) is 4.91. The normalized spacial score (nSPS) is 17.6. The van der Waals surface area contributed by atoms with E-state index in [0.29, 0.717) is 0 Å². The van der Waals surface area contributed by atoms with Crippen LogP contribution >= 0.6 is 42.2 Å². The molecule has 0 bridgehead atoms. The van der Waals surface area contributed by atoms with E-state index in [-0.39, 0.29) is 5.44 Å². The van der Waals surface area contributed by atoms with Crippen molar-refractivity contribution in [1.82, 2.24) is 0 Å². The smallest absolute Gasteiger partial charge is 0.131 e. The molecule has 0 N–H and O–H groups in total. The second-order valence-corrected chi connectivity index (χ2v) is 5.82. The third-order valence-electron chi connectivity index (χ3n) is 1.86. The van der Waals surface area contributed by atoms with Gasteiger partial charge < -0.3 is 0 Å². The molecule has 1 aliphatic rings. The molecular weight excluding hydrogens is 327 g/mol. The highest BCUT2D eigenvalue weighted by molar-refractivity contribution is 14.2. The van der Waals surface area contributed by atoms with E-state index in [9.17, 15) is 0 Å². The monoisotopic (exact) mass is 340 g/mol. The molecule has 0 aromatic heterocycles. The molecule has 0 spiro atoms. The molecule has 0 radical (unpaired) electrons. The summed E-state index contributed by atoms with van der Waals surface area (Å²) >= 11 is 3.61. The Bertz CT molecular complexity index is 238. The summed E-state index contributed by atoms with van der Waals surface area (Å²) in [6.45, 7) is 3.61. The molecule has 0 aromatic rings. The molecule has 0 saturated heterocycles. The molecule has 0 amide bonds. The fraction of sp³-hybridized carbons (Fsp3) is 0.400. The van der Waals surface area contributed by atoms with Crippen LogP contribution in [-0.2, 0) is 4.18 Å². The van der Waals surface area contributed by atoms with Crippen molar-refractivity contribution in [3.8, 4) is 0 Å². The molecule has 0 aromatic carbocycles. The maximum absolute atomic E-state index is 5.53. The van der Waals surface area contributed by atoms with Crippen molar-refractivity contribution < 1.29 is 4.18 Å². The lowest BCUT2D eigenvalue weighted by atomic mass is 10.0. The van der Waals surface area contributed by atoms with Crippen molar-refractivity contribution in [1.29, 1.82) is 0 Å². The maximum atomic E-state index is 5.53. The number of halogens is 1. The van der Waals surface area contributed by atoms with E-state index in [1.54, 1.807) is 14.3 Å². The van der Waals surface area contributed by atoms with Crippen molar-refractivity contribution in [3.05, 3.63) is 35.8 Å². The highest BCUT2D eigenvalue weighted by Gasteiger charge is 2.11. The van der Waals surface area contributed by atoms with Gasteiger partial charge in [-0.15, -0.1) is 0 Å². The van der Waals surface area contributed by atoms with E-state index in [0.717, 1.165) is 6.42 Å². The van der Waals surface area contributed by atoms with Crippen LogP contribution in [-0.4, -0.2) is 5.44 Å². The van der Waals surface area contributed by atoms with E-state index >= 15 is 0 Å². The first-order chi connectivity index (χ1) is 6.86. The SMILES string of the molecule is C=CSOC(CC1=CC=CCC1)SI. The first-order valence-electron chi connectivity index (χ1n) is 4.42. The van der Waals surface area contributed by atoms with Gasteiger partial charge in [-0.2, -0.15) is 0 Å². The highest BCUT2D eigenvalue weighted by Crippen LogP contribution is 2.31. The van der Waals surface area contributed by atoms with E-state index < -0.39 is 0 Å². The van der Waals surface area contributed by atoms with Crippen molar-refractivity contribution in [2.24, 2.45) is 0 Å². The van der Waals surface area contributed by atoms with E-state index in [1.165, 1.54) is 30.5 Å². The fourth-order valence-corrected chi connectivity index (χ4v) is 3.32. The number of rotatable bonds is 6. The molecule has 1 aliphatic carbocycles. The zero-order chi connectivity index (χ0) is 10.2. The van der Waals surface area contributed by atoms with Crippen molar-refractivity contribution >= 4 is 42.2 Å². The van der Waals surface area contributed by atoms with Gasteiger partial charge in [0, 0.05) is 18.5 Å². The molecule has 0 aliphatic heterocycles. The first-order valence-corrected chi connectivity index (χ1v) is 8.64. The Hall–Kier alpha value is 0.610. The van der Waals surface area contributed by atoms with Crippen molar-refractivity contribution in [3.63, 3.8) is 0 Å². The average molecular weight is 340 g/mol. The van der Waals surface area contributed by atoms with Crippen molar-refractivity contribution in [2.45, 2.75) is 24.7 Å². The van der Waals surface area contributed by atoms with E-state index in [1.807, 2.05) is 0 Å². The molecule has 1 unspecified atom stereocenters. The molecule has 0 heterocycles. The maximum Gasteiger partial charge on any atom is 0.131 e. The van der Waals surface area contributed by atoms with Crippen LogP contribution in [0.25, 0.3) is 0 Å². The van der Waals surface area contributed by atoms with Crippen molar-refractivity contribution in [2.75, 3.05) is 0 Å². The second-order valence-electron chi connectivity index (χ2n) is 2.87. The first kappa shape index (κ1) is 12.7. The summed E-state index contributed by atoms with van der Waals surface area (Å²) in [5.41, 5.74) is 1.71. The van der Waals surface area contributed by atoms with E-state index in [2.05, 4.69) is 46.0 Å². The van der Waals surface area contributed by atoms with Gasteiger partial charge in [-0.1, -0.05) is 39.3 Å². The number of hydrogen-bond acceptors (Lipinski definition) is 3. The van der Waals surface area contributed by atoms with Gasteiger partial charge in [-0.05, 0) is 39.5 Å². The molecule has 4 heteroatoms. The topological polar surface area (TPSA) is 9.23 Å². The fourth-order valence-electron chi connectivity index (χ4n) is 1.22. The molecule has 0 fully saturated rings. The summed E-state index contributed by atoms with van der Waals surface area (Å²) in [6, 6.07) is 0. The predicted molar refractivity (Wildman–Crippen MR) is 75.3 cm³/mol. The summed E-state index contributed by atoms with van der Waals surface area (Å²) in [7, 11) is 1.72. The zero-order valence-corrected chi connectivity index (χ0v) is 11.6. The van der Waals surface area contributed by atoms with Gasteiger partial charge in [0.1, 0.15) is 5.44 Å². The Labute approximate surface area is 106 Å². The van der Waals surface area contributed by atoms with Crippen LogP contribution in [0.15, 0.2) is 35.8 Å². The van der Waals surface area contributed by atoms with E-state index in [4.69, 9.17) is 4.18 Å². The quantitative estimate of drug-likeness (QED) is 0.388. The largest absolute Gasteiger partial charge is 0.296 e. The van der Waals surface area contributed by atoms with Gasteiger partial charge >= 0.3 is 0 Å². The highest BCUT2D eigenvalue weighted by atomic mass is 127.